The van der Waals surface area contributed by atoms with Crippen molar-refractivity contribution in [3.05, 3.63) is 161 Å². The van der Waals surface area contributed by atoms with Crippen molar-refractivity contribution in [1.29, 1.82) is 0 Å². The monoisotopic (exact) mass is 655 g/mol. The smallest absolute Gasteiger partial charge is 0.272 e. The van der Waals surface area contributed by atoms with Crippen LogP contribution in [0.5, 0.6) is 5.75 Å². The van der Waals surface area contributed by atoms with E-state index in [1.807, 2.05) is 117 Å². The molecule has 0 aliphatic rings. The Hall–Kier alpha value is -5.60. The number of hydrogen-bond donors (Lipinski definition) is 3. The summed E-state index contributed by atoms with van der Waals surface area (Å²) >= 11 is 1.43. The Balaban J connectivity index is 1.30. The molecule has 0 aromatic heterocycles. The van der Waals surface area contributed by atoms with Gasteiger partial charge < -0.3 is 20.7 Å². The summed E-state index contributed by atoms with van der Waals surface area (Å²) in [6.45, 7) is 4.36. The van der Waals surface area contributed by atoms with E-state index in [1.54, 1.807) is 36.4 Å². The van der Waals surface area contributed by atoms with Crippen molar-refractivity contribution in [3.63, 3.8) is 0 Å². The third-order valence-corrected chi connectivity index (χ3v) is 8.76. The SMILES string of the molecule is CCC(Sc1cccc(NC(=O)/C(=C/c2ccc(OCc3ccccc3)cc2)NC(=O)c2ccccc2)c1)C(=O)Nc1ccccc1C. The van der Waals surface area contributed by atoms with Crippen LogP contribution in [0.2, 0.25) is 0 Å². The standard InChI is InChI=1S/C40H37N3O4S/c1-3-37(40(46)42-35-20-11-10-13-28(35)2)48-34-19-12-18-32(26-34)41-39(45)36(43-38(44)31-16-8-5-9-17-31)25-29-21-23-33(24-22-29)47-27-30-14-6-4-7-15-30/h4-26,37H,3,27H2,1-2H3,(H,41,45)(H,42,46)(H,43,44)/b36-25-. The molecular weight excluding hydrogens is 619 g/mol. The molecule has 0 saturated heterocycles. The van der Waals surface area contributed by atoms with E-state index in [2.05, 4.69) is 16.0 Å². The summed E-state index contributed by atoms with van der Waals surface area (Å²) in [6.07, 6.45) is 2.24. The Kier molecular flexibility index (Phi) is 11.8. The normalized spacial score (nSPS) is 11.7. The van der Waals surface area contributed by atoms with E-state index in [4.69, 9.17) is 4.74 Å². The van der Waals surface area contributed by atoms with Gasteiger partial charge in [0.05, 0.1) is 5.25 Å². The van der Waals surface area contributed by atoms with Gasteiger partial charge in [0.15, 0.2) is 0 Å². The van der Waals surface area contributed by atoms with Gasteiger partial charge >= 0.3 is 0 Å². The number of anilines is 2. The topological polar surface area (TPSA) is 96.5 Å². The zero-order chi connectivity index (χ0) is 33.7. The van der Waals surface area contributed by atoms with Crippen LogP contribution in [0.4, 0.5) is 11.4 Å². The number of aryl methyl sites for hydroxylation is 1. The maximum atomic E-state index is 13.7. The van der Waals surface area contributed by atoms with Crippen LogP contribution in [-0.4, -0.2) is 23.0 Å². The molecule has 1 unspecified atom stereocenters. The average molecular weight is 656 g/mol. The molecule has 242 valence electrons. The van der Waals surface area contributed by atoms with Crippen LogP contribution < -0.4 is 20.7 Å². The molecule has 3 N–H and O–H groups in total. The van der Waals surface area contributed by atoms with Crippen LogP contribution in [-0.2, 0) is 16.2 Å². The van der Waals surface area contributed by atoms with E-state index in [1.165, 1.54) is 11.8 Å². The van der Waals surface area contributed by atoms with Crippen molar-refractivity contribution in [1.82, 2.24) is 5.32 Å². The second-order valence-electron chi connectivity index (χ2n) is 11.0. The zero-order valence-corrected chi connectivity index (χ0v) is 27.6. The van der Waals surface area contributed by atoms with E-state index in [-0.39, 0.29) is 16.9 Å². The lowest BCUT2D eigenvalue weighted by molar-refractivity contribution is -0.116. The fourth-order valence-electron chi connectivity index (χ4n) is 4.77. The van der Waals surface area contributed by atoms with E-state index >= 15 is 0 Å². The Morgan fingerprint density at radius 3 is 2.17 bits per heavy atom. The molecule has 7 nitrogen and oxygen atoms in total. The van der Waals surface area contributed by atoms with Crippen molar-refractivity contribution in [3.8, 4) is 5.75 Å². The van der Waals surface area contributed by atoms with E-state index < -0.39 is 11.8 Å². The lowest BCUT2D eigenvalue weighted by Gasteiger charge is -2.17. The molecular formula is C40H37N3O4S. The summed E-state index contributed by atoms with van der Waals surface area (Å²) < 4.78 is 5.90. The highest BCUT2D eigenvalue weighted by Gasteiger charge is 2.20. The van der Waals surface area contributed by atoms with E-state index in [0.717, 1.165) is 21.7 Å². The first-order chi connectivity index (χ1) is 23.4. The summed E-state index contributed by atoms with van der Waals surface area (Å²) in [6, 6.07) is 40.9. The molecule has 0 spiro atoms. The van der Waals surface area contributed by atoms with Crippen LogP contribution in [0.25, 0.3) is 6.08 Å². The van der Waals surface area contributed by atoms with Gasteiger partial charge in [0, 0.05) is 21.8 Å². The number of rotatable bonds is 13. The molecule has 0 aliphatic heterocycles. The minimum absolute atomic E-state index is 0.0731. The third kappa shape index (κ3) is 9.70. The molecule has 0 fully saturated rings. The fourth-order valence-corrected chi connectivity index (χ4v) is 5.78. The number of benzene rings is 5. The molecule has 0 aliphatic carbocycles. The van der Waals surface area contributed by atoms with Crippen LogP contribution >= 0.6 is 11.8 Å². The van der Waals surface area contributed by atoms with E-state index in [9.17, 15) is 14.4 Å². The quantitative estimate of drug-likeness (QED) is 0.0873. The summed E-state index contributed by atoms with van der Waals surface area (Å²) in [5.41, 5.74) is 4.57. The van der Waals surface area contributed by atoms with E-state index in [0.29, 0.717) is 35.6 Å². The van der Waals surface area contributed by atoms with Gasteiger partial charge in [0.25, 0.3) is 11.8 Å². The van der Waals surface area contributed by atoms with Crippen LogP contribution in [0, 0.1) is 6.92 Å². The van der Waals surface area contributed by atoms with Gasteiger partial charge in [0.2, 0.25) is 5.91 Å². The number of hydrogen-bond acceptors (Lipinski definition) is 5. The molecule has 3 amide bonds. The zero-order valence-electron chi connectivity index (χ0n) is 26.8. The summed E-state index contributed by atoms with van der Waals surface area (Å²) in [5.74, 6) is -0.302. The third-order valence-electron chi connectivity index (χ3n) is 7.40. The summed E-state index contributed by atoms with van der Waals surface area (Å²) in [5, 5.41) is 8.39. The first-order valence-electron chi connectivity index (χ1n) is 15.7. The molecule has 48 heavy (non-hydrogen) atoms. The Bertz CT molecular complexity index is 1880. The predicted molar refractivity (Wildman–Crippen MR) is 194 cm³/mol. The van der Waals surface area contributed by atoms with Crippen molar-refractivity contribution in [2.75, 3.05) is 10.6 Å². The van der Waals surface area contributed by atoms with Crippen molar-refractivity contribution < 1.29 is 19.1 Å². The minimum atomic E-state index is -0.491. The first kappa shape index (κ1) is 33.8. The first-order valence-corrected chi connectivity index (χ1v) is 16.6. The highest BCUT2D eigenvalue weighted by atomic mass is 32.2. The number of carbonyl (C=O) groups is 3. The number of amides is 3. The maximum Gasteiger partial charge on any atom is 0.272 e. The molecule has 1 atom stereocenters. The minimum Gasteiger partial charge on any atom is -0.489 e. The second-order valence-corrected chi connectivity index (χ2v) is 12.3. The summed E-state index contributed by atoms with van der Waals surface area (Å²) in [4.78, 5) is 40.7. The maximum absolute atomic E-state index is 13.7. The second kappa shape index (κ2) is 16.8. The van der Waals surface area contributed by atoms with Crippen LogP contribution in [0.15, 0.2) is 144 Å². The Morgan fingerprint density at radius 1 is 0.771 bits per heavy atom. The molecule has 8 heteroatoms. The highest BCUT2D eigenvalue weighted by molar-refractivity contribution is 8.00. The molecule has 0 radical (unpaired) electrons. The molecule has 5 aromatic rings. The summed E-state index contributed by atoms with van der Waals surface area (Å²) in [7, 11) is 0. The number of thioether (sulfide) groups is 1. The molecule has 0 bridgehead atoms. The van der Waals surface area contributed by atoms with Crippen molar-refractivity contribution in [2.24, 2.45) is 0 Å². The number of carbonyl (C=O) groups excluding carboxylic acids is 3. The number of ether oxygens (including phenoxy) is 1. The van der Waals surface area contributed by atoms with Crippen LogP contribution in [0.1, 0.15) is 40.4 Å². The Morgan fingerprint density at radius 2 is 1.46 bits per heavy atom. The highest BCUT2D eigenvalue weighted by Crippen LogP contribution is 2.29. The molecule has 0 saturated carbocycles. The molecule has 0 heterocycles. The van der Waals surface area contributed by atoms with Gasteiger partial charge in [-0.2, -0.15) is 0 Å². The van der Waals surface area contributed by atoms with Crippen LogP contribution in [0.3, 0.4) is 0 Å². The lowest BCUT2D eigenvalue weighted by atomic mass is 10.1. The van der Waals surface area contributed by atoms with Gasteiger partial charge in [-0.3, -0.25) is 14.4 Å². The van der Waals surface area contributed by atoms with Crippen molar-refractivity contribution in [2.45, 2.75) is 37.0 Å². The fraction of sp³-hybridized carbons (Fsp3) is 0.125. The molecule has 5 rings (SSSR count). The van der Waals surface area contributed by atoms with Gasteiger partial charge in [-0.25, -0.2) is 0 Å². The van der Waals surface area contributed by atoms with Gasteiger partial charge in [-0.15, -0.1) is 11.8 Å². The van der Waals surface area contributed by atoms with Gasteiger partial charge in [-0.05, 0) is 84.6 Å². The Labute approximate surface area is 285 Å². The average Bonchev–Trinajstić information content (AvgIpc) is 3.12. The molecule has 5 aromatic carbocycles. The lowest BCUT2D eigenvalue weighted by Crippen LogP contribution is -2.30. The van der Waals surface area contributed by atoms with Gasteiger partial charge in [-0.1, -0.05) is 91.9 Å². The number of nitrogens with one attached hydrogen (secondary N) is 3. The largest absolute Gasteiger partial charge is 0.489 e. The predicted octanol–water partition coefficient (Wildman–Crippen LogP) is 8.49. The van der Waals surface area contributed by atoms with Crippen molar-refractivity contribution >= 4 is 46.9 Å². The van der Waals surface area contributed by atoms with Gasteiger partial charge in [0.1, 0.15) is 18.1 Å². The number of para-hydroxylation sites is 1.